The normalized spacial score (nSPS) is 13.7. The summed E-state index contributed by atoms with van der Waals surface area (Å²) >= 11 is 0. The van der Waals surface area contributed by atoms with Gasteiger partial charge in [0.1, 0.15) is 23.2 Å². The second-order valence-electron chi connectivity index (χ2n) is 19.3. The van der Waals surface area contributed by atoms with E-state index in [9.17, 15) is 0 Å². The highest BCUT2D eigenvalue weighted by atomic mass is 16.3. The molecule has 3 aromatic heterocycles. The Morgan fingerprint density at radius 2 is 0.907 bits per heavy atom. The van der Waals surface area contributed by atoms with Crippen LogP contribution in [0.5, 0.6) is 0 Å². The van der Waals surface area contributed by atoms with Crippen molar-refractivity contribution in [2.24, 2.45) is 9.98 Å². The average Bonchev–Trinajstić information content (AvgIpc) is 4.17. The Balaban J connectivity index is 0.948. The third-order valence-electron chi connectivity index (χ3n) is 15.0. The van der Waals surface area contributed by atoms with Crippen LogP contribution in [0.15, 0.2) is 275 Å². The molecule has 15 rings (SSSR count). The summed E-state index contributed by atoms with van der Waals surface area (Å²) in [5.74, 6) is 1.39. The minimum Gasteiger partial charge on any atom is -0.456 e. The minimum absolute atomic E-state index is 0.514. The number of hydrogen-bond donors (Lipinski definition) is 1. The SMILES string of the molecule is c1ccc(-c2ccc(C3=NC(c4ccccc4-n4c5cc(-c6ccccc6)ccc5c5c(-c6cccc7c6c6ccccc6n7-c6ccccc6)cccc54)NC(c4ccc5oc6ccccc6c5c4)=N3)cc2)cc1. The molecule has 14 aromatic rings. The molecular formula is C69H45N5O. The maximum atomic E-state index is 6.30. The average molecular weight is 960 g/mol. The van der Waals surface area contributed by atoms with E-state index in [1.807, 2.05) is 18.2 Å². The molecule has 0 bridgehead atoms. The van der Waals surface area contributed by atoms with E-state index in [4.69, 9.17) is 14.4 Å². The molecule has 0 saturated carbocycles. The quantitative estimate of drug-likeness (QED) is 0.165. The third kappa shape index (κ3) is 7.02. The predicted octanol–water partition coefficient (Wildman–Crippen LogP) is 17.3. The fourth-order valence-corrected chi connectivity index (χ4v) is 11.6. The van der Waals surface area contributed by atoms with Crippen molar-refractivity contribution in [3.8, 4) is 44.8 Å². The fraction of sp³-hybridized carbons (Fsp3) is 0.0145. The summed E-state index contributed by atoms with van der Waals surface area (Å²) in [6.07, 6.45) is -0.514. The summed E-state index contributed by atoms with van der Waals surface area (Å²) in [5, 5.41) is 10.8. The van der Waals surface area contributed by atoms with Crippen molar-refractivity contribution in [1.29, 1.82) is 0 Å². The van der Waals surface area contributed by atoms with Gasteiger partial charge >= 0.3 is 0 Å². The van der Waals surface area contributed by atoms with Gasteiger partial charge in [-0.05, 0) is 100 Å². The number of nitrogens with zero attached hydrogens (tertiary/aromatic N) is 4. The largest absolute Gasteiger partial charge is 0.456 e. The van der Waals surface area contributed by atoms with E-state index in [1.54, 1.807) is 0 Å². The molecule has 1 aliphatic rings. The number of para-hydroxylation sites is 4. The van der Waals surface area contributed by atoms with Crippen molar-refractivity contribution in [3.05, 3.63) is 278 Å². The standard InChI is InChI=1S/C69H45N5O/c1-4-18-44(19-5-1)46-34-36-47(37-35-46)67-70-68(49-39-41-64-57(42-49)51-24-12-15-33-63(51)75-64)72-69(71-67)56-26-11-14-30-59(56)74-61-32-17-28-53(66(61)55-40-38-48(43-62(55)74)45-20-6-2-7-21-45)52-27-16-31-60-65(52)54-25-10-13-29-58(54)73(60)50-22-8-3-9-23-50/h1-43,69H,(H,70,71,72). The summed E-state index contributed by atoms with van der Waals surface area (Å²) in [7, 11) is 0. The second kappa shape index (κ2) is 17.3. The van der Waals surface area contributed by atoms with Gasteiger partial charge in [-0.25, -0.2) is 9.98 Å². The highest BCUT2D eigenvalue weighted by molar-refractivity contribution is 6.23. The van der Waals surface area contributed by atoms with E-state index in [-0.39, 0.29) is 0 Å². The Labute approximate surface area is 432 Å². The molecule has 0 aliphatic carbocycles. The van der Waals surface area contributed by atoms with E-state index in [1.165, 1.54) is 43.7 Å². The molecule has 0 spiro atoms. The molecular weight excluding hydrogens is 915 g/mol. The molecule has 6 nitrogen and oxygen atoms in total. The number of hydrogen-bond acceptors (Lipinski definition) is 4. The number of benzene rings is 11. The second-order valence-corrected chi connectivity index (χ2v) is 19.3. The van der Waals surface area contributed by atoms with Crippen LogP contribution in [0.4, 0.5) is 0 Å². The number of fused-ring (bicyclic) bond motifs is 9. The van der Waals surface area contributed by atoms with Crippen LogP contribution in [0, 0.1) is 0 Å². The highest BCUT2D eigenvalue weighted by Gasteiger charge is 2.27. The molecule has 4 heterocycles. The van der Waals surface area contributed by atoms with Crippen LogP contribution < -0.4 is 5.32 Å². The minimum atomic E-state index is -0.514. The van der Waals surface area contributed by atoms with E-state index in [0.29, 0.717) is 5.84 Å². The molecule has 352 valence electrons. The van der Waals surface area contributed by atoms with Gasteiger partial charge in [0.05, 0.1) is 27.8 Å². The van der Waals surface area contributed by atoms with Crippen LogP contribution in [0.25, 0.3) is 110 Å². The molecule has 0 amide bonds. The first-order valence-corrected chi connectivity index (χ1v) is 25.5. The zero-order chi connectivity index (χ0) is 49.4. The van der Waals surface area contributed by atoms with Gasteiger partial charge in [-0.15, -0.1) is 0 Å². The van der Waals surface area contributed by atoms with Gasteiger partial charge in [0.2, 0.25) is 0 Å². The summed E-state index contributed by atoms with van der Waals surface area (Å²) in [6, 6.07) is 93.1. The van der Waals surface area contributed by atoms with Crippen LogP contribution in [-0.2, 0) is 0 Å². The summed E-state index contributed by atoms with van der Waals surface area (Å²) in [6.45, 7) is 0. The molecule has 1 atom stereocenters. The Bertz CT molecular complexity index is 4600. The van der Waals surface area contributed by atoms with Crippen molar-refractivity contribution in [1.82, 2.24) is 14.5 Å². The molecule has 0 fully saturated rings. The summed E-state index contributed by atoms with van der Waals surface area (Å²) < 4.78 is 11.2. The van der Waals surface area contributed by atoms with Crippen LogP contribution >= 0.6 is 0 Å². The van der Waals surface area contributed by atoms with Crippen molar-refractivity contribution < 1.29 is 4.42 Å². The van der Waals surface area contributed by atoms with Crippen LogP contribution in [-0.4, -0.2) is 20.8 Å². The molecule has 75 heavy (non-hydrogen) atoms. The first-order valence-electron chi connectivity index (χ1n) is 25.5. The summed E-state index contributed by atoms with van der Waals surface area (Å²) in [5.41, 5.74) is 18.3. The maximum absolute atomic E-state index is 6.30. The van der Waals surface area contributed by atoms with Gasteiger partial charge < -0.3 is 18.9 Å². The predicted molar refractivity (Wildman–Crippen MR) is 311 cm³/mol. The van der Waals surface area contributed by atoms with Gasteiger partial charge in [0.25, 0.3) is 0 Å². The van der Waals surface area contributed by atoms with E-state index in [2.05, 4.69) is 257 Å². The Hall–Kier alpha value is -10.0. The maximum Gasteiger partial charge on any atom is 0.159 e. The molecule has 0 radical (unpaired) electrons. The topological polar surface area (TPSA) is 59.8 Å². The van der Waals surface area contributed by atoms with Crippen LogP contribution in [0.1, 0.15) is 22.9 Å². The zero-order valence-electron chi connectivity index (χ0n) is 40.6. The first-order chi connectivity index (χ1) is 37.2. The Morgan fingerprint density at radius 3 is 1.67 bits per heavy atom. The molecule has 1 N–H and O–H groups in total. The van der Waals surface area contributed by atoms with Gasteiger partial charge in [-0.3, -0.25) is 0 Å². The number of furan rings is 1. The molecule has 0 saturated heterocycles. The number of nitrogens with one attached hydrogen (secondary N) is 1. The van der Waals surface area contributed by atoms with Crippen LogP contribution in [0.3, 0.4) is 0 Å². The fourth-order valence-electron chi connectivity index (χ4n) is 11.6. The lowest BCUT2D eigenvalue weighted by Crippen LogP contribution is -2.34. The molecule has 1 aliphatic heterocycles. The number of amidine groups is 2. The molecule has 1 unspecified atom stereocenters. The van der Waals surface area contributed by atoms with E-state index >= 15 is 0 Å². The zero-order valence-corrected chi connectivity index (χ0v) is 40.6. The monoisotopic (exact) mass is 959 g/mol. The van der Waals surface area contributed by atoms with Crippen molar-refractivity contribution >= 4 is 77.2 Å². The number of rotatable bonds is 8. The number of aromatic nitrogens is 2. The van der Waals surface area contributed by atoms with Crippen molar-refractivity contribution in [2.75, 3.05) is 0 Å². The first kappa shape index (κ1) is 42.6. The van der Waals surface area contributed by atoms with Crippen molar-refractivity contribution in [2.45, 2.75) is 6.17 Å². The van der Waals surface area contributed by atoms with Gasteiger partial charge in [0.15, 0.2) is 5.84 Å². The Kier molecular flexibility index (Phi) is 9.85. The lowest BCUT2D eigenvalue weighted by atomic mass is 9.95. The van der Waals surface area contributed by atoms with E-state index in [0.717, 1.165) is 89.1 Å². The lowest BCUT2D eigenvalue weighted by molar-refractivity contribution is 0.668. The summed E-state index contributed by atoms with van der Waals surface area (Å²) in [4.78, 5) is 10.9. The Morgan fingerprint density at radius 1 is 0.360 bits per heavy atom. The smallest absolute Gasteiger partial charge is 0.159 e. The molecule has 6 heteroatoms. The van der Waals surface area contributed by atoms with Crippen molar-refractivity contribution in [3.63, 3.8) is 0 Å². The molecule has 11 aromatic carbocycles. The third-order valence-corrected chi connectivity index (χ3v) is 15.0. The van der Waals surface area contributed by atoms with Crippen LogP contribution in [0.2, 0.25) is 0 Å². The highest BCUT2D eigenvalue weighted by Crippen LogP contribution is 2.45. The van der Waals surface area contributed by atoms with E-state index < -0.39 is 6.17 Å². The lowest BCUT2D eigenvalue weighted by Gasteiger charge is -2.26. The van der Waals surface area contributed by atoms with Gasteiger partial charge in [-0.1, -0.05) is 194 Å². The number of aliphatic imine (C=N–C) groups is 2. The van der Waals surface area contributed by atoms with Gasteiger partial charge in [-0.2, -0.15) is 0 Å². The van der Waals surface area contributed by atoms with Gasteiger partial charge in [0, 0.05) is 54.7 Å².